The van der Waals surface area contributed by atoms with E-state index in [0.29, 0.717) is 11.1 Å². The van der Waals surface area contributed by atoms with Crippen molar-refractivity contribution in [2.75, 3.05) is 10.6 Å². The molecule has 0 saturated carbocycles. The Morgan fingerprint density at radius 1 is 0.935 bits per heavy atom. The first kappa shape index (κ1) is 22.0. The summed E-state index contributed by atoms with van der Waals surface area (Å²) in [5.41, 5.74) is 1.15. The number of benzene rings is 3. The molecule has 0 radical (unpaired) electrons. The zero-order chi connectivity index (χ0) is 22.6. The summed E-state index contributed by atoms with van der Waals surface area (Å²) in [5, 5.41) is 19.4. The Balaban J connectivity index is 1.86. The van der Waals surface area contributed by atoms with E-state index in [-0.39, 0.29) is 26.9 Å². The van der Waals surface area contributed by atoms with Crippen LogP contribution in [0.1, 0.15) is 26.3 Å². The number of nitrogens with two attached hydrogens (primary N) is 1. The molecule has 2 amide bonds. The molecule has 0 saturated heterocycles. The maximum Gasteiger partial charge on any atom is 0.257 e. The van der Waals surface area contributed by atoms with Gasteiger partial charge < -0.3 is 10.6 Å². The molecule has 3 aromatic rings. The number of carbonyl (C=O) groups is 2. The Kier molecular flexibility index (Phi) is 6.36. The summed E-state index contributed by atoms with van der Waals surface area (Å²) in [6, 6.07) is 17.7. The minimum atomic E-state index is -3.94. The van der Waals surface area contributed by atoms with Gasteiger partial charge in [0.2, 0.25) is 10.0 Å². The number of nitriles is 1. The van der Waals surface area contributed by atoms with Crippen molar-refractivity contribution in [1.29, 1.82) is 5.26 Å². The van der Waals surface area contributed by atoms with Crippen molar-refractivity contribution in [3.63, 3.8) is 0 Å². The first-order chi connectivity index (χ1) is 14.7. The van der Waals surface area contributed by atoms with E-state index < -0.39 is 21.8 Å². The van der Waals surface area contributed by atoms with Gasteiger partial charge in [0.1, 0.15) is 0 Å². The predicted octanol–water partition coefficient (Wildman–Crippen LogP) is 3.36. The highest BCUT2D eigenvalue weighted by Gasteiger charge is 2.17. The highest BCUT2D eigenvalue weighted by molar-refractivity contribution is 7.89. The average Bonchev–Trinajstić information content (AvgIpc) is 2.74. The Labute approximate surface area is 183 Å². The van der Waals surface area contributed by atoms with E-state index >= 15 is 0 Å². The van der Waals surface area contributed by atoms with Crippen LogP contribution >= 0.6 is 11.6 Å². The van der Waals surface area contributed by atoms with Crippen molar-refractivity contribution in [2.45, 2.75) is 4.90 Å². The fraction of sp³-hybridized carbons (Fsp3) is 0. The number of nitrogens with one attached hydrogen (secondary N) is 2. The van der Waals surface area contributed by atoms with Crippen LogP contribution in [0.4, 0.5) is 11.4 Å². The van der Waals surface area contributed by atoms with Crippen LogP contribution in [0.3, 0.4) is 0 Å². The van der Waals surface area contributed by atoms with Gasteiger partial charge in [-0.25, -0.2) is 13.6 Å². The van der Waals surface area contributed by atoms with Crippen molar-refractivity contribution in [3.05, 3.63) is 88.4 Å². The van der Waals surface area contributed by atoms with Crippen LogP contribution in [0, 0.1) is 11.3 Å². The van der Waals surface area contributed by atoms with Crippen LogP contribution in [0.25, 0.3) is 0 Å². The van der Waals surface area contributed by atoms with Gasteiger partial charge >= 0.3 is 0 Å². The number of nitrogens with zero attached hydrogens (tertiary/aromatic N) is 1. The zero-order valence-corrected chi connectivity index (χ0v) is 17.4. The van der Waals surface area contributed by atoms with Crippen LogP contribution in [0.15, 0.2) is 71.6 Å². The number of hydrogen-bond donors (Lipinski definition) is 3. The second kappa shape index (κ2) is 8.97. The van der Waals surface area contributed by atoms with Crippen LogP contribution in [-0.2, 0) is 10.0 Å². The molecule has 31 heavy (non-hydrogen) atoms. The fourth-order valence-electron chi connectivity index (χ4n) is 2.65. The third-order valence-corrected chi connectivity index (χ3v) is 5.32. The van der Waals surface area contributed by atoms with Crippen molar-refractivity contribution in [1.82, 2.24) is 0 Å². The smallest absolute Gasteiger partial charge is 0.257 e. The van der Waals surface area contributed by atoms with Gasteiger partial charge in [-0.3, -0.25) is 9.59 Å². The molecule has 10 heteroatoms. The van der Waals surface area contributed by atoms with E-state index in [1.165, 1.54) is 66.7 Å². The van der Waals surface area contributed by atoms with Gasteiger partial charge in [0, 0.05) is 16.3 Å². The number of rotatable bonds is 5. The summed E-state index contributed by atoms with van der Waals surface area (Å²) in [4.78, 5) is 25.2. The highest BCUT2D eigenvalue weighted by Crippen LogP contribution is 2.23. The molecule has 156 valence electrons. The summed E-state index contributed by atoms with van der Waals surface area (Å²) in [6.07, 6.45) is 0. The molecule has 0 unspecified atom stereocenters. The van der Waals surface area contributed by atoms with Gasteiger partial charge in [-0.2, -0.15) is 5.26 Å². The van der Waals surface area contributed by atoms with E-state index in [1.807, 2.05) is 6.07 Å². The number of hydrogen-bond acceptors (Lipinski definition) is 5. The van der Waals surface area contributed by atoms with Gasteiger partial charge in [0.05, 0.1) is 27.8 Å². The molecular formula is C21H15ClN4O4S. The van der Waals surface area contributed by atoms with Crippen LogP contribution < -0.4 is 15.8 Å². The predicted molar refractivity (Wildman–Crippen MR) is 116 cm³/mol. The Morgan fingerprint density at radius 2 is 1.65 bits per heavy atom. The van der Waals surface area contributed by atoms with Gasteiger partial charge in [0.15, 0.2) is 0 Å². The Morgan fingerprint density at radius 3 is 2.29 bits per heavy atom. The minimum absolute atomic E-state index is 0.0653. The molecule has 0 bridgehead atoms. The van der Waals surface area contributed by atoms with Gasteiger partial charge in [0.25, 0.3) is 11.8 Å². The normalized spacial score (nSPS) is 10.7. The van der Waals surface area contributed by atoms with Gasteiger partial charge in [-0.05, 0) is 60.7 Å². The minimum Gasteiger partial charge on any atom is -0.322 e. The lowest BCUT2D eigenvalue weighted by Crippen LogP contribution is -2.19. The molecule has 8 nitrogen and oxygen atoms in total. The molecule has 0 aliphatic heterocycles. The topological polar surface area (TPSA) is 142 Å². The molecule has 0 atom stereocenters. The average molecular weight is 455 g/mol. The summed E-state index contributed by atoms with van der Waals surface area (Å²) in [6.45, 7) is 0. The van der Waals surface area contributed by atoms with Crippen molar-refractivity contribution >= 4 is 44.8 Å². The standard InChI is InChI=1S/C21H15ClN4O4S/c22-15-8-9-19(26-20(27)14-6-4-13(12-23)5-7-14)18(10-15)21(28)25-16-2-1-3-17(11-16)31(24,29)30/h1-11H,(H,25,28)(H,26,27)(H2,24,29,30). The van der Waals surface area contributed by atoms with E-state index in [4.69, 9.17) is 22.0 Å². The van der Waals surface area contributed by atoms with E-state index in [0.717, 1.165) is 0 Å². The number of amides is 2. The van der Waals surface area contributed by atoms with Crippen LogP contribution in [-0.4, -0.2) is 20.2 Å². The third-order valence-electron chi connectivity index (χ3n) is 4.17. The molecular weight excluding hydrogens is 440 g/mol. The Bertz CT molecular complexity index is 1320. The second-order valence-electron chi connectivity index (χ2n) is 6.36. The van der Waals surface area contributed by atoms with Crippen molar-refractivity contribution in [2.24, 2.45) is 5.14 Å². The van der Waals surface area contributed by atoms with Crippen LogP contribution in [0.2, 0.25) is 5.02 Å². The lowest BCUT2D eigenvalue weighted by Gasteiger charge is -2.13. The quantitative estimate of drug-likeness (QED) is 0.541. The number of halogens is 1. The first-order valence-electron chi connectivity index (χ1n) is 8.72. The van der Waals surface area contributed by atoms with Crippen LogP contribution in [0.5, 0.6) is 0 Å². The van der Waals surface area contributed by atoms with E-state index in [9.17, 15) is 18.0 Å². The largest absolute Gasteiger partial charge is 0.322 e. The number of carbonyl (C=O) groups excluding carboxylic acids is 2. The zero-order valence-electron chi connectivity index (χ0n) is 15.8. The second-order valence-corrected chi connectivity index (χ2v) is 8.36. The summed E-state index contributed by atoms with van der Waals surface area (Å²) in [7, 11) is -3.94. The molecule has 0 heterocycles. The summed E-state index contributed by atoms with van der Waals surface area (Å²) < 4.78 is 23.0. The molecule has 0 aliphatic carbocycles. The molecule has 0 aromatic heterocycles. The molecule has 3 aromatic carbocycles. The fourth-order valence-corrected chi connectivity index (χ4v) is 3.38. The number of anilines is 2. The monoisotopic (exact) mass is 454 g/mol. The molecule has 4 N–H and O–H groups in total. The number of primary sulfonamides is 1. The maximum absolute atomic E-state index is 12.8. The molecule has 0 spiro atoms. The van der Waals surface area contributed by atoms with E-state index in [2.05, 4.69) is 10.6 Å². The first-order valence-corrected chi connectivity index (χ1v) is 10.6. The van der Waals surface area contributed by atoms with Crippen molar-refractivity contribution < 1.29 is 18.0 Å². The maximum atomic E-state index is 12.8. The Hall–Kier alpha value is -3.71. The highest BCUT2D eigenvalue weighted by atomic mass is 35.5. The third kappa shape index (κ3) is 5.46. The molecule has 0 fully saturated rings. The van der Waals surface area contributed by atoms with Crippen molar-refractivity contribution in [3.8, 4) is 6.07 Å². The summed E-state index contributed by atoms with van der Waals surface area (Å²) >= 11 is 6.02. The molecule has 0 aliphatic rings. The lowest BCUT2D eigenvalue weighted by molar-refractivity contribution is 0.102. The van der Waals surface area contributed by atoms with E-state index in [1.54, 1.807) is 0 Å². The van der Waals surface area contributed by atoms with Gasteiger partial charge in [-0.15, -0.1) is 0 Å². The summed E-state index contributed by atoms with van der Waals surface area (Å²) in [5.74, 6) is -1.11. The molecule has 3 rings (SSSR count). The lowest BCUT2D eigenvalue weighted by atomic mass is 10.1. The SMILES string of the molecule is N#Cc1ccc(C(=O)Nc2ccc(Cl)cc2C(=O)Nc2cccc(S(N)(=O)=O)c2)cc1. The van der Waals surface area contributed by atoms with Gasteiger partial charge in [-0.1, -0.05) is 17.7 Å². The number of sulfonamides is 1.